The van der Waals surface area contributed by atoms with Gasteiger partial charge in [-0.15, -0.1) is 0 Å². The standard InChI is InChI=1S/C13H7BrF3NO2S/c14-7-4-5-8(12(19)20)9(6-7)21-11-3-1-2-10(18-11)13(15,16)17/h1-6H,(H,19,20). The lowest BCUT2D eigenvalue weighted by Gasteiger charge is -2.09. The lowest BCUT2D eigenvalue weighted by atomic mass is 10.2. The number of hydrogen-bond donors (Lipinski definition) is 1. The number of alkyl halides is 3. The van der Waals surface area contributed by atoms with Crippen LogP contribution in [0.15, 0.2) is 50.8 Å². The zero-order valence-corrected chi connectivity index (χ0v) is 12.6. The van der Waals surface area contributed by atoms with Gasteiger partial charge in [-0.25, -0.2) is 9.78 Å². The number of carboxylic acids is 1. The molecule has 0 aliphatic carbocycles. The number of benzene rings is 1. The van der Waals surface area contributed by atoms with Crippen LogP contribution in [0, 0.1) is 0 Å². The predicted molar refractivity (Wildman–Crippen MR) is 74.5 cm³/mol. The van der Waals surface area contributed by atoms with E-state index in [4.69, 9.17) is 5.11 Å². The molecule has 0 unspecified atom stereocenters. The minimum Gasteiger partial charge on any atom is -0.478 e. The Morgan fingerprint density at radius 2 is 1.95 bits per heavy atom. The van der Waals surface area contributed by atoms with Crippen molar-refractivity contribution >= 4 is 33.7 Å². The van der Waals surface area contributed by atoms with Gasteiger partial charge in [0.25, 0.3) is 0 Å². The predicted octanol–water partition coefficient (Wildman–Crippen LogP) is 4.71. The van der Waals surface area contributed by atoms with Crippen LogP contribution in [-0.4, -0.2) is 16.1 Å². The van der Waals surface area contributed by atoms with Crippen molar-refractivity contribution in [2.24, 2.45) is 0 Å². The number of hydrogen-bond acceptors (Lipinski definition) is 3. The molecule has 2 aromatic rings. The summed E-state index contributed by atoms with van der Waals surface area (Å²) in [5, 5.41) is 9.16. The summed E-state index contributed by atoms with van der Waals surface area (Å²) in [6, 6.07) is 7.94. The zero-order chi connectivity index (χ0) is 15.6. The molecule has 0 saturated carbocycles. The third-order valence-electron chi connectivity index (χ3n) is 2.40. The number of aromatic nitrogens is 1. The molecular formula is C13H7BrF3NO2S. The highest BCUT2D eigenvalue weighted by molar-refractivity contribution is 9.10. The highest BCUT2D eigenvalue weighted by Crippen LogP contribution is 2.34. The molecule has 0 spiro atoms. The molecule has 1 aromatic heterocycles. The molecule has 0 aliphatic rings. The number of rotatable bonds is 3. The lowest BCUT2D eigenvalue weighted by molar-refractivity contribution is -0.141. The first-order valence-electron chi connectivity index (χ1n) is 5.52. The lowest BCUT2D eigenvalue weighted by Crippen LogP contribution is -2.08. The maximum Gasteiger partial charge on any atom is 0.433 e. The SMILES string of the molecule is O=C(O)c1ccc(Br)cc1Sc1cccc(C(F)(F)F)n1. The molecule has 0 fully saturated rings. The van der Waals surface area contributed by atoms with E-state index in [-0.39, 0.29) is 10.6 Å². The van der Waals surface area contributed by atoms with Crippen molar-refractivity contribution in [2.45, 2.75) is 16.1 Å². The summed E-state index contributed by atoms with van der Waals surface area (Å²) in [6.45, 7) is 0. The molecule has 0 aliphatic heterocycles. The first-order valence-corrected chi connectivity index (χ1v) is 7.13. The summed E-state index contributed by atoms with van der Waals surface area (Å²) in [7, 11) is 0. The van der Waals surface area contributed by atoms with Crippen LogP contribution in [0.4, 0.5) is 13.2 Å². The summed E-state index contributed by atoms with van der Waals surface area (Å²) in [4.78, 5) is 14.9. The van der Waals surface area contributed by atoms with Gasteiger partial charge in [-0.3, -0.25) is 0 Å². The second-order valence-corrected chi connectivity index (χ2v) is 5.88. The molecular weight excluding hydrogens is 371 g/mol. The molecule has 0 amide bonds. The van der Waals surface area contributed by atoms with Crippen molar-refractivity contribution in [3.63, 3.8) is 0 Å². The summed E-state index contributed by atoms with van der Waals surface area (Å²) in [6.07, 6.45) is -4.54. The van der Waals surface area contributed by atoms with Crippen LogP contribution in [-0.2, 0) is 6.18 Å². The third kappa shape index (κ3) is 3.98. The van der Waals surface area contributed by atoms with Crippen LogP contribution in [0.5, 0.6) is 0 Å². The van der Waals surface area contributed by atoms with Gasteiger partial charge in [-0.1, -0.05) is 33.8 Å². The Hall–Kier alpha value is -1.54. The topological polar surface area (TPSA) is 50.2 Å². The Labute approximate surface area is 130 Å². The van der Waals surface area contributed by atoms with Gasteiger partial charge in [0.1, 0.15) is 10.7 Å². The van der Waals surface area contributed by atoms with Crippen molar-refractivity contribution < 1.29 is 23.1 Å². The van der Waals surface area contributed by atoms with E-state index in [0.29, 0.717) is 9.37 Å². The minimum atomic E-state index is -4.54. The fraction of sp³-hybridized carbons (Fsp3) is 0.0769. The first-order chi connectivity index (χ1) is 9.77. The average Bonchev–Trinajstić information content (AvgIpc) is 2.37. The summed E-state index contributed by atoms with van der Waals surface area (Å²) in [5.74, 6) is -1.16. The summed E-state index contributed by atoms with van der Waals surface area (Å²) < 4.78 is 38.4. The van der Waals surface area contributed by atoms with Crippen LogP contribution < -0.4 is 0 Å². The fourth-order valence-corrected chi connectivity index (χ4v) is 2.98. The summed E-state index contributed by atoms with van der Waals surface area (Å²) in [5.41, 5.74) is -1.01. The van der Waals surface area contributed by atoms with E-state index in [1.807, 2.05) is 0 Å². The minimum absolute atomic E-state index is 0.00223. The highest BCUT2D eigenvalue weighted by Gasteiger charge is 2.32. The van der Waals surface area contributed by atoms with Crippen LogP contribution in [0.3, 0.4) is 0 Å². The Balaban J connectivity index is 2.39. The number of halogens is 4. The second kappa shape index (κ2) is 6.07. The van der Waals surface area contributed by atoms with Gasteiger partial charge in [0.2, 0.25) is 0 Å². The molecule has 110 valence electrons. The van der Waals surface area contributed by atoms with E-state index >= 15 is 0 Å². The van der Waals surface area contributed by atoms with Crippen molar-refractivity contribution in [3.8, 4) is 0 Å². The monoisotopic (exact) mass is 377 g/mol. The molecule has 0 bridgehead atoms. The first kappa shape index (κ1) is 15.8. The highest BCUT2D eigenvalue weighted by atomic mass is 79.9. The van der Waals surface area contributed by atoms with Crippen LogP contribution in [0.25, 0.3) is 0 Å². The van der Waals surface area contributed by atoms with Gasteiger partial charge in [0, 0.05) is 9.37 Å². The van der Waals surface area contributed by atoms with Gasteiger partial charge >= 0.3 is 12.1 Å². The smallest absolute Gasteiger partial charge is 0.433 e. The Morgan fingerprint density at radius 3 is 2.57 bits per heavy atom. The van der Waals surface area contributed by atoms with E-state index in [1.165, 1.54) is 24.3 Å². The second-order valence-electron chi connectivity index (χ2n) is 3.91. The molecule has 1 heterocycles. The van der Waals surface area contributed by atoms with Crippen LogP contribution in [0.2, 0.25) is 0 Å². The van der Waals surface area contributed by atoms with Crippen LogP contribution in [0.1, 0.15) is 16.1 Å². The number of aromatic carboxylic acids is 1. The van der Waals surface area contributed by atoms with Gasteiger partial charge in [0.15, 0.2) is 0 Å². The van der Waals surface area contributed by atoms with Gasteiger partial charge in [-0.2, -0.15) is 13.2 Å². The number of carboxylic acid groups (broad SMARTS) is 1. The van der Waals surface area contributed by atoms with Crippen LogP contribution >= 0.6 is 27.7 Å². The maximum atomic E-state index is 12.6. The number of carbonyl (C=O) groups is 1. The molecule has 8 heteroatoms. The quantitative estimate of drug-likeness (QED) is 0.841. The van der Waals surface area contributed by atoms with Crippen molar-refractivity contribution in [2.75, 3.05) is 0 Å². The molecule has 2 rings (SSSR count). The van der Waals surface area contributed by atoms with E-state index in [1.54, 1.807) is 6.07 Å². The van der Waals surface area contributed by atoms with Crippen molar-refractivity contribution in [1.29, 1.82) is 0 Å². The average molecular weight is 378 g/mol. The summed E-state index contributed by atoms with van der Waals surface area (Å²) >= 11 is 4.06. The molecule has 1 N–H and O–H groups in total. The molecule has 0 saturated heterocycles. The van der Waals surface area contributed by atoms with E-state index in [0.717, 1.165) is 17.8 Å². The molecule has 3 nitrogen and oxygen atoms in total. The molecule has 1 aromatic carbocycles. The van der Waals surface area contributed by atoms with Gasteiger partial charge in [-0.05, 0) is 30.3 Å². The van der Waals surface area contributed by atoms with E-state index in [9.17, 15) is 18.0 Å². The van der Waals surface area contributed by atoms with Crippen molar-refractivity contribution in [1.82, 2.24) is 4.98 Å². The fourth-order valence-electron chi connectivity index (χ4n) is 1.50. The Bertz CT molecular complexity index is 691. The van der Waals surface area contributed by atoms with Crippen molar-refractivity contribution in [3.05, 3.63) is 52.1 Å². The largest absolute Gasteiger partial charge is 0.478 e. The van der Waals surface area contributed by atoms with Gasteiger partial charge in [0.05, 0.1) is 5.56 Å². The Kier molecular flexibility index (Phi) is 4.58. The number of nitrogens with zero attached hydrogens (tertiary/aromatic N) is 1. The zero-order valence-electron chi connectivity index (χ0n) is 10.2. The Morgan fingerprint density at radius 1 is 1.24 bits per heavy atom. The van der Waals surface area contributed by atoms with E-state index < -0.39 is 17.8 Å². The molecule has 0 atom stereocenters. The molecule has 0 radical (unpaired) electrons. The number of pyridine rings is 1. The molecule has 21 heavy (non-hydrogen) atoms. The normalized spacial score (nSPS) is 11.4. The van der Waals surface area contributed by atoms with Gasteiger partial charge < -0.3 is 5.11 Å². The third-order valence-corrected chi connectivity index (χ3v) is 3.89. The van der Waals surface area contributed by atoms with E-state index in [2.05, 4.69) is 20.9 Å². The maximum absolute atomic E-state index is 12.6.